The predicted octanol–water partition coefficient (Wildman–Crippen LogP) is 4.55. The molecule has 0 aliphatic heterocycles. The van der Waals surface area contributed by atoms with Crippen LogP contribution in [-0.2, 0) is 6.42 Å². The highest BCUT2D eigenvalue weighted by atomic mass is 16.5. The molecule has 25 heavy (non-hydrogen) atoms. The minimum absolute atomic E-state index is 0.329. The molecular formula is C22H24N2O. The van der Waals surface area contributed by atoms with Gasteiger partial charge in [0.05, 0.1) is 7.11 Å². The Morgan fingerprint density at radius 1 is 0.960 bits per heavy atom. The van der Waals surface area contributed by atoms with E-state index in [9.17, 15) is 0 Å². The van der Waals surface area contributed by atoms with Crippen molar-refractivity contribution in [2.45, 2.75) is 12.3 Å². The number of likely N-dealkylation sites (N-methyl/N-ethyl adjacent to an activating group) is 1. The molecule has 128 valence electrons. The lowest BCUT2D eigenvalue weighted by atomic mass is 9.93. The average molecular weight is 332 g/mol. The predicted molar refractivity (Wildman–Crippen MR) is 103 cm³/mol. The van der Waals surface area contributed by atoms with E-state index in [4.69, 9.17) is 4.74 Å². The monoisotopic (exact) mass is 332 g/mol. The van der Waals surface area contributed by atoms with Crippen molar-refractivity contribution in [3.63, 3.8) is 0 Å². The molecule has 0 radical (unpaired) electrons. The second-order valence-corrected chi connectivity index (χ2v) is 6.21. The van der Waals surface area contributed by atoms with Gasteiger partial charge in [-0.05, 0) is 48.4 Å². The number of para-hydroxylation sites is 1. The van der Waals surface area contributed by atoms with Gasteiger partial charge in [-0.25, -0.2) is 0 Å². The summed E-state index contributed by atoms with van der Waals surface area (Å²) < 4.78 is 5.42. The second-order valence-electron chi connectivity index (χ2n) is 6.21. The quantitative estimate of drug-likeness (QED) is 0.634. The van der Waals surface area contributed by atoms with Crippen molar-refractivity contribution in [2.75, 3.05) is 25.6 Å². The molecule has 0 N–H and O–H groups in total. The van der Waals surface area contributed by atoms with E-state index in [2.05, 4.69) is 65.5 Å². The van der Waals surface area contributed by atoms with Gasteiger partial charge in [0.2, 0.25) is 0 Å². The van der Waals surface area contributed by atoms with Crippen LogP contribution in [0.15, 0.2) is 79.0 Å². The van der Waals surface area contributed by atoms with Crippen molar-refractivity contribution >= 4 is 5.69 Å². The van der Waals surface area contributed by atoms with Gasteiger partial charge >= 0.3 is 0 Å². The van der Waals surface area contributed by atoms with Crippen molar-refractivity contribution in [1.82, 2.24) is 4.98 Å². The molecule has 0 aliphatic carbocycles. The third-order valence-corrected chi connectivity index (χ3v) is 4.44. The summed E-state index contributed by atoms with van der Waals surface area (Å²) in [5.74, 6) is 1.22. The van der Waals surface area contributed by atoms with Gasteiger partial charge in [0.1, 0.15) is 5.75 Å². The van der Waals surface area contributed by atoms with E-state index in [0.29, 0.717) is 5.92 Å². The first kappa shape index (κ1) is 17.0. The highest BCUT2D eigenvalue weighted by Gasteiger charge is 2.17. The third-order valence-electron chi connectivity index (χ3n) is 4.44. The molecule has 1 unspecified atom stereocenters. The van der Waals surface area contributed by atoms with Crippen molar-refractivity contribution in [3.05, 3.63) is 90.3 Å². The Labute approximate surface area is 149 Å². The van der Waals surface area contributed by atoms with Gasteiger partial charge < -0.3 is 9.64 Å². The van der Waals surface area contributed by atoms with Crippen LogP contribution in [0.5, 0.6) is 5.75 Å². The minimum atomic E-state index is 0.329. The zero-order valence-electron chi connectivity index (χ0n) is 14.8. The molecule has 3 nitrogen and oxygen atoms in total. The number of ether oxygens (including phenoxy) is 1. The molecule has 0 fully saturated rings. The topological polar surface area (TPSA) is 25.4 Å². The maximum atomic E-state index is 5.42. The third kappa shape index (κ3) is 4.60. The summed E-state index contributed by atoms with van der Waals surface area (Å²) >= 11 is 0. The van der Waals surface area contributed by atoms with Gasteiger partial charge in [-0.15, -0.1) is 0 Å². The number of rotatable bonds is 7. The van der Waals surface area contributed by atoms with Crippen LogP contribution in [0.1, 0.15) is 17.2 Å². The Bertz CT molecular complexity index is 774. The largest absolute Gasteiger partial charge is 0.497 e. The molecule has 1 aromatic heterocycles. The van der Waals surface area contributed by atoms with E-state index < -0.39 is 0 Å². The number of aromatic nitrogens is 1. The van der Waals surface area contributed by atoms with E-state index in [1.54, 1.807) is 7.11 Å². The minimum Gasteiger partial charge on any atom is -0.497 e. The lowest BCUT2D eigenvalue weighted by Gasteiger charge is -2.26. The normalized spacial score (nSPS) is 11.8. The van der Waals surface area contributed by atoms with Crippen molar-refractivity contribution < 1.29 is 4.74 Å². The summed E-state index contributed by atoms with van der Waals surface area (Å²) in [6.07, 6.45) is 2.75. The maximum Gasteiger partial charge on any atom is 0.119 e. The fourth-order valence-electron chi connectivity index (χ4n) is 3.07. The van der Waals surface area contributed by atoms with E-state index in [1.807, 2.05) is 30.5 Å². The van der Waals surface area contributed by atoms with Crippen LogP contribution in [0.25, 0.3) is 0 Å². The molecule has 0 bridgehead atoms. The molecular weight excluding hydrogens is 308 g/mol. The van der Waals surface area contributed by atoms with Gasteiger partial charge in [-0.1, -0.05) is 36.4 Å². The van der Waals surface area contributed by atoms with Crippen LogP contribution in [-0.4, -0.2) is 25.7 Å². The Morgan fingerprint density at radius 3 is 2.48 bits per heavy atom. The van der Waals surface area contributed by atoms with Crippen LogP contribution in [0.4, 0.5) is 5.69 Å². The molecule has 1 heterocycles. The first-order chi connectivity index (χ1) is 12.3. The molecule has 0 saturated heterocycles. The molecule has 1 atom stereocenters. The lowest BCUT2D eigenvalue weighted by molar-refractivity contribution is 0.413. The summed E-state index contributed by atoms with van der Waals surface area (Å²) in [6.45, 7) is 0.910. The molecule has 2 aromatic carbocycles. The zero-order chi connectivity index (χ0) is 17.5. The summed E-state index contributed by atoms with van der Waals surface area (Å²) in [6, 6.07) is 24.9. The summed E-state index contributed by atoms with van der Waals surface area (Å²) in [5.41, 5.74) is 3.60. The van der Waals surface area contributed by atoms with Gasteiger partial charge in [-0.3, -0.25) is 4.98 Å². The summed E-state index contributed by atoms with van der Waals surface area (Å²) in [4.78, 5) is 6.82. The second kappa shape index (κ2) is 8.34. The standard InChI is InChI=1S/C22H24N2O/c1-24(21-11-4-3-5-12-21)17-19(15-20-10-6-7-14-23-20)18-9-8-13-22(16-18)25-2/h3-14,16,19H,15,17H2,1-2H3. The highest BCUT2D eigenvalue weighted by molar-refractivity contribution is 5.46. The maximum absolute atomic E-state index is 5.42. The van der Waals surface area contributed by atoms with Crippen LogP contribution in [0.2, 0.25) is 0 Å². The summed E-state index contributed by atoms with van der Waals surface area (Å²) in [7, 11) is 3.85. The average Bonchev–Trinajstić information content (AvgIpc) is 2.69. The van der Waals surface area contributed by atoms with Crippen LogP contribution in [0, 0.1) is 0 Å². The Kier molecular flexibility index (Phi) is 5.68. The number of pyridine rings is 1. The van der Waals surface area contributed by atoms with E-state index in [0.717, 1.165) is 24.4 Å². The lowest BCUT2D eigenvalue weighted by Crippen LogP contribution is -2.25. The Balaban J connectivity index is 1.85. The van der Waals surface area contributed by atoms with E-state index in [-0.39, 0.29) is 0 Å². The van der Waals surface area contributed by atoms with Crippen molar-refractivity contribution in [3.8, 4) is 5.75 Å². The summed E-state index contributed by atoms with van der Waals surface area (Å²) in [5, 5.41) is 0. The van der Waals surface area contributed by atoms with Crippen molar-refractivity contribution in [1.29, 1.82) is 0 Å². The van der Waals surface area contributed by atoms with Crippen LogP contribution >= 0.6 is 0 Å². The zero-order valence-corrected chi connectivity index (χ0v) is 14.8. The Morgan fingerprint density at radius 2 is 1.76 bits per heavy atom. The van der Waals surface area contributed by atoms with Gasteiger partial charge in [0, 0.05) is 37.1 Å². The molecule has 3 aromatic rings. The first-order valence-corrected chi connectivity index (χ1v) is 8.56. The SMILES string of the molecule is COc1cccc(C(Cc2ccccn2)CN(C)c2ccccc2)c1. The van der Waals surface area contributed by atoms with E-state index >= 15 is 0 Å². The fraction of sp³-hybridized carbons (Fsp3) is 0.227. The molecule has 0 spiro atoms. The van der Waals surface area contributed by atoms with Gasteiger partial charge in [0.15, 0.2) is 0 Å². The van der Waals surface area contributed by atoms with E-state index in [1.165, 1.54) is 11.3 Å². The molecule has 3 rings (SSSR count). The number of nitrogens with zero attached hydrogens (tertiary/aromatic N) is 2. The Hall–Kier alpha value is -2.81. The number of benzene rings is 2. The molecule has 3 heteroatoms. The fourth-order valence-corrected chi connectivity index (χ4v) is 3.07. The van der Waals surface area contributed by atoms with Crippen molar-refractivity contribution in [2.24, 2.45) is 0 Å². The van der Waals surface area contributed by atoms with Gasteiger partial charge in [-0.2, -0.15) is 0 Å². The number of anilines is 1. The molecule has 0 saturated carbocycles. The number of methoxy groups -OCH3 is 1. The first-order valence-electron chi connectivity index (χ1n) is 8.56. The number of hydrogen-bond acceptors (Lipinski definition) is 3. The van der Waals surface area contributed by atoms with Gasteiger partial charge in [0.25, 0.3) is 0 Å². The number of hydrogen-bond donors (Lipinski definition) is 0. The van der Waals surface area contributed by atoms with Crippen LogP contribution < -0.4 is 9.64 Å². The highest BCUT2D eigenvalue weighted by Crippen LogP contribution is 2.26. The molecule has 0 amide bonds. The van der Waals surface area contributed by atoms with Crippen LogP contribution in [0.3, 0.4) is 0 Å². The smallest absolute Gasteiger partial charge is 0.119 e. The molecule has 0 aliphatic rings.